The fourth-order valence-corrected chi connectivity index (χ4v) is 1.77. The molecule has 1 rings (SSSR count). The highest BCUT2D eigenvalue weighted by atomic mass is 16.1. The van der Waals surface area contributed by atoms with Crippen molar-refractivity contribution >= 4 is 11.6 Å². The zero-order valence-electron chi connectivity index (χ0n) is 10.9. The lowest BCUT2D eigenvalue weighted by Gasteiger charge is -2.14. The number of aryl methyl sites for hydroxylation is 1. The van der Waals surface area contributed by atoms with Crippen LogP contribution in [0, 0.1) is 6.92 Å². The Kier molecular flexibility index (Phi) is 5.01. The lowest BCUT2D eigenvalue weighted by Crippen LogP contribution is -2.32. The Hall–Kier alpha value is -1.51. The van der Waals surface area contributed by atoms with E-state index in [1.807, 2.05) is 26.0 Å². The number of benzene rings is 1. The first kappa shape index (κ1) is 13.6. The van der Waals surface area contributed by atoms with Gasteiger partial charge in [0.2, 0.25) is 0 Å². The lowest BCUT2D eigenvalue weighted by molar-refractivity contribution is 0.0939. The largest absolute Gasteiger partial charge is 0.398 e. The second-order valence-electron chi connectivity index (χ2n) is 4.61. The fourth-order valence-electron chi connectivity index (χ4n) is 1.77. The van der Waals surface area contributed by atoms with E-state index in [2.05, 4.69) is 12.2 Å². The van der Waals surface area contributed by atoms with Gasteiger partial charge >= 0.3 is 0 Å². The summed E-state index contributed by atoms with van der Waals surface area (Å²) in [6.45, 7) is 6.13. The highest BCUT2D eigenvalue weighted by molar-refractivity contribution is 5.99. The van der Waals surface area contributed by atoms with E-state index in [0.29, 0.717) is 11.3 Å². The molecule has 1 aromatic carbocycles. The number of nitrogens with two attached hydrogens (primary N) is 1. The summed E-state index contributed by atoms with van der Waals surface area (Å²) in [6, 6.07) is 5.71. The third-order valence-electron chi connectivity index (χ3n) is 2.82. The molecular formula is C14H22N2O. The van der Waals surface area contributed by atoms with Crippen molar-refractivity contribution in [3.63, 3.8) is 0 Å². The van der Waals surface area contributed by atoms with Crippen LogP contribution < -0.4 is 11.1 Å². The van der Waals surface area contributed by atoms with Gasteiger partial charge in [-0.2, -0.15) is 0 Å². The van der Waals surface area contributed by atoms with Crippen molar-refractivity contribution in [1.29, 1.82) is 0 Å². The second kappa shape index (κ2) is 6.28. The predicted molar refractivity (Wildman–Crippen MR) is 72.0 cm³/mol. The molecule has 0 aliphatic heterocycles. The van der Waals surface area contributed by atoms with Crippen LogP contribution in [0.2, 0.25) is 0 Å². The molecular weight excluding hydrogens is 212 g/mol. The van der Waals surface area contributed by atoms with E-state index in [9.17, 15) is 4.79 Å². The number of hydrogen-bond acceptors (Lipinski definition) is 2. The van der Waals surface area contributed by atoms with Crippen molar-refractivity contribution in [2.75, 3.05) is 5.73 Å². The molecule has 0 aliphatic rings. The van der Waals surface area contributed by atoms with Gasteiger partial charge in [0.05, 0.1) is 5.56 Å². The smallest absolute Gasteiger partial charge is 0.253 e. The summed E-state index contributed by atoms with van der Waals surface area (Å²) in [5, 5.41) is 2.97. The van der Waals surface area contributed by atoms with E-state index in [1.165, 1.54) is 0 Å². The van der Waals surface area contributed by atoms with Crippen LogP contribution in [0.3, 0.4) is 0 Å². The number of nitrogen functional groups attached to an aromatic ring is 1. The molecule has 17 heavy (non-hydrogen) atoms. The molecule has 1 amide bonds. The van der Waals surface area contributed by atoms with Gasteiger partial charge in [0.25, 0.3) is 5.91 Å². The average molecular weight is 234 g/mol. The summed E-state index contributed by atoms with van der Waals surface area (Å²) in [7, 11) is 0. The molecule has 0 saturated carbocycles. The molecule has 0 fully saturated rings. The van der Waals surface area contributed by atoms with Gasteiger partial charge in [-0.25, -0.2) is 0 Å². The highest BCUT2D eigenvalue weighted by Gasteiger charge is 2.12. The summed E-state index contributed by atoms with van der Waals surface area (Å²) in [5.74, 6) is -0.0777. The molecule has 1 unspecified atom stereocenters. The van der Waals surface area contributed by atoms with E-state index in [0.717, 1.165) is 24.8 Å². The standard InChI is InChI=1S/C14H22N2O/c1-4-5-6-11(3)16-14(17)12-8-7-10(2)9-13(12)15/h7-9,11H,4-6,15H2,1-3H3,(H,16,17). The Morgan fingerprint density at radius 1 is 1.47 bits per heavy atom. The highest BCUT2D eigenvalue weighted by Crippen LogP contribution is 2.14. The van der Waals surface area contributed by atoms with E-state index in [1.54, 1.807) is 6.07 Å². The Morgan fingerprint density at radius 2 is 2.18 bits per heavy atom. The van der Waals surface area contributed by atoms with Gasteiger partial charge in [-0.15, -0.1) is 0 Å². The number of carbonyl (C=O) groups is 1. The van der Waals surface area contributed by atoms with Gasteiger partial charge in [-0.05, 0) is 38.0 Å². The number of carbonyl (C=O) groups excluding carboxylic acids is 1. The van der Waals surface area contributed by atoms with Crippen LogP contribution in [0.1, 0.15) is 49.0 Å². The maximum atomic E-state index is 12.0. The molecule has 0 aromatic heterocycles. The zero-order chi connectivity index (χ0) is 12.8. The van der Waals surface area contributed by atoms with Gasteiger partial charge in [0, 0.05) is 11.7 Å². The van der Waals surface area contributed by atoms with Crippen molar-refractivity contribution in [1.82, 2.24) is 5.32 Å². The van der Waals surface area contributed by atoms with E-state index >= 15 is 0 Å². The van der Waals surface area contributed by atoms with Crippen molar-refractivity contribution in [2.45, 2.75) is 46.1 Å². The molecule has 3 heteroatoms. The first-order valence-corrected chi connectivity index (χ1v) is 6.21. The molecule has 0 bridgehead atoms. The molecule has 0 saturated heterocycles. The first-order chi connectivity index (χ1) is 8.04. The third-order valence-corrected chi connectivity index (χ3v) is 2.82. The number of hydrogen-bond donors (Lipinski definition) is 2. The van der Waals surface area contributed by atoms with Crippen LogP contribution in [-0.2, 0) is 0 Å². The van der Waals surface area contributed by atoms with Gasteiger partial charge in [-0.1, -0.05) is 25.8 Å². The summed E-state index contributed by atoms with van der Waals surface area (Å²) < 4.78 is 0. The van der Waals surface area contributed by atoms with Gasteiger partial charge in [0.15, 0.2) is 0 Å². The van der Waals surface area contributed by atoms with E-state index in [-0.39, 0.29) is 11.9 Å². The number of unbranched alkanes of at least 4 members (excludes halogenated alkanes) is 1. The quantitative estimate of drug-likeness (QED) is 0.770. The maximum absolute atomic E-state index is 12.0. The number of amides is 1. The Labute approximate surface area is 103 Å². The fraction of sp³-hybridized carbons (Fsp3) is 0.500. The Morgan fingerprint density at radius 3 is 2.76 bits per heavy atom. The summed E-state index contributed by atoms with van der Waals surface area (Å²) in [6.07, 6.45) is 3.28. The molecule has 0 aliphatic carbocycles. The second-order valence-corrected chi connectivity index (χ2v) is 4.61. The normalized spacial score (nSPS) is 12.2. The zero-order valence-corrected chi connectivity index (χ0v) is 10.9. The topological polar surface area (TPSA) is 55.1 Å². The van der Waals surface area contributed by atoms with Crippen molar-refractivity contribution in [2.24, 2.45) is 0 Å². The third kappa shape index (κ3) is 4.10. The molecule has 94 valence electrons. The Balaban J connectivity index is 2.63. The molecule has 0 heterocycles. The number of anilines is 1. The minimum absolute atomic E-state index is 0.0777. The minimum Gasteiger partial charge on any atom is -0.398 e. The number of nitrogens with one attached hydrogen (secondary N) is 1. The lowest BCUT2D eigenvalue weighted by atomic mass is 10.1. The molecule has 3 N–H and O–H groups in total. The molecule has 0 radical (unpaired) electrons. The maximum Gasteiger partial charge on any atom is 0.253 e. The van der Waals surface area contributed by atoms with Crippen LogP contribution in [0.4, 0.5) is 5.69 Å². The van der Waals surface area contributed by atoms with Crippen molar-refractivity contribution in [3.8, 4) is 0 Å². The van der Waals surface area contributed by atoms with Gasteiger partial charge < -0.3 is 11.1 Å². The average Bonchev–Trinajstić information content (AvgIpc) is 2.26. The van der Waals surface area contributed by atoms with Crippen LogP contribution in [0.15, 0.2) is 18.2 Å². The van der Waals surface area contributed by atoms with Gasteiger partial charge in [0.1, 0.15) is 0 Å². The summed E-state index contributed by atoms with van der Waals surface area (Å²) in [4.78, 5) is 12.0. The van der Waals surface area contributed by atoms with Gasteiger partial charge in [-0.3, -0.25) is 4.79 Å². The van der Waals surface area contributed by atoms with Crippen molar-refractivity contribution < 1.29 is 4.79 Å². The summed E-state index contributed by atoms with van der Waals surface area (Å²) in [5.41, 5.74) is 8.02. The van der Waals surface area contributed by atoms with E-state index in [4.69, 9.17) is 5.73 Å². The minimum atomic E-state index is -0.0777. The van der Waals surface area contributed by atoms with Crippen LogP contribution in [-0.4, -0.2) is 11.9 Å². The Bertz CT molecular complexity index is 388. The predicted octanol–water partition coefficient (Wildman–Crippen LogP) is 2.89. The SMILES string of the molecule is CCCCC(C)NC(=O)c1ccc(C)cc1N. The molecule has 1 atom stereocenters. The molecule has 0 spiro atoms. The van der Waals surface area contributed by atoms with Crippen LogP contribution in [0.25, 0.3) is 0 Å². The van der Waals surface area contributed by atoms with E-state index < -0.39 is 0 Å². The molecule has 1 aromatic rings. The molecule has 3 nitrogen and oxygen atoms in total. The number of rotatable bonds is 5. The monoisotopic (exact) mass is 234 g/mol. The van der Waals surface area contributed by atoms with Crippen LogP contribution >= 0.6 is 0 Å². The van der Waals surface area contributed by atoms with Crippen molar-refractivity contribution in [3.05, 3.63) is 29.3 Å². The first-order valence-electron chi connectivity index (χ1n) is 6.21. The summed E-state index contributed by atoms with van der Waals surface area (Å²) >= 11 is 0. The van der Waals surface area contributed by atoms with Crippen LogP contribution in [0.5, 0.6) is 0 Å².